The highest BCUT2D eigenvalue weighted by Gasteiger charge is 2.33. The van der Waals surface area contributed by atoms with Crippen LogP contribution in [0.1, 0.15) is 51.5 Å². The van der Waals surface area contributed by atoms with E-state index in [0.29, 0.717) is 12.0 Å². The molecule has 4 atom stereocenters. The lowest BCUT2D eigenvalue weighted by Crippen LogP contribution is -2.41. The van der Waals surface area contributed by atoms with Crippen molar-refractivity contribution in [1.82, 2.24) is 10.3 Å². The predicted molar refractivity (Wildman–Crippen MR) is 76.6 cm³/mol. The summed E-state index contributed by atoms with van der Waals surface area (Å²) < 4.78 is 0. The van der Waals surface area contributed by atoms with Gasteiger partial charge in [-0.25, -0.2) is 0 Å². The summed E-state index contributed by atoms with van der Waals surface area (Å²) in [7, 11) is 0. The van der Waals surface area contributed by atoms with Crippen molar-refractivity contribution in [3.05, 3.63) is 30.1 Å². The molecule has 1 aliphatic rings. The van der Waals surface area contributed by atoms with Crippen molar-refractivity contribution in [2.45, 2.75) is 52.0 Å². The zero-order valence-corrected chi connectivity index (χ0v) is 11.9. The van der Waals surface area contributed by atoms with Gasteiger partial charge in [-0.1, -0.05) is 33.6 Å². The van der Waals surface area contributed by atoms with Crippen molar-refractivity contribution in [2.24, 2.45) is 11.8 Å². The van der Waals surface area contributed by atoms with Crippen LogP contribution in [0.4, 0.5) is 0 Å². The molecule has 0 spiro atoms. The molecule has 18 heavy (non-hydrogen) atoms. The van der Waals surface area contributed by atoms with Crippen molar-refractivity contribution in [2.75, 3.05) is 6.54 Å². The second-order valence-electron chi connectivity index (χ2n) is 5.72. The Morgan fingerprint density at radius 1 is 1.33 bits per heavy atom. The predicted octanol–water partition coefficient (Wildman–Crippen LogP) is 3.60. The molecule has 1 fully saturated rings. The highest BCUT2D eigenvalue weighted by atomic mass is 14.9. The van der Waals surface area contributed by atoms with Crippen LogP contribution in [0.5, 0.6) is 0 Å². The van der Waals surface area contributed by atoms with Crippen LogP contribution >= 0.6 is 0 Å². The second-order valence-corrected chi connectivity index (χ2v) is 5.72. The molecule has 0 aliphatic heterocycles. The third kappa shape index (κ3) is 2.92. The van der Waals surface area contributed by atoms with Crippen LogP contribution in [0.15, 0.2) is 24.5 Å². The number of hydrogen-bond donors (Lipinski definition) is 1. The zero-order valence-electron chi connectivity index (χ0n) is 11.9. The molecule has 1 saturated carbocycles. The monoisotopic (exact) mass is 246 g/mol. The molecule has 0 amide bonds. The van der Waals surface area contributed by atoms with Gasteiger partial charge in [0, 0.05) is 18.4 Å². The van der Waals surface area contributed by atoms with Crippen molar-refractivity contribution in [1.29, 1.82) is 0 Å². The summed E-state index contributed by atoms with van der Waals surface area (Å²) in [5, 5.41) is 3.73. The Kier molecular flexibility index (Phi) is 4.76. The van der Waals surface area contributed by atoms with Gasteiger partial charge in [-0.05, 0) is 48.4 Å². The molecule has 0 saturated heterocycles. The number of hydrogen-bond acceptors (Lipinski definition) is 2. The summed E-state index contributed by atoms with van der Waals surface area (Å²) in [5.41, 5.74) is 1.41. The molecule has 1 aliphatic carbocycles. The summed E-state index contributed by atoms with van der Waals surface area (Å²) in [6.07, 6.45) is 8.00. The van der Waals surface area contributed by atoms with Gasteiger partial charge >= 0.3 is 0 Å². The van der Waals surface area contributed by atoms with Crippen LogP contribution in [0, 0.1) is 11.8 Å². The molecule has 1 aromatic rings. The number of aromatic nitrogens is 1. The Hall–Kier alpha value is -0.890. The zero-order chi connectivity index (χ0) is 13.0. The number of rotatable bonds is 5. The number of likely N-dealkylation sites (N-methyl/N-ethyl adjacent to an activating group) is 1. The molecule has 2 rings (SSSR count). The molecule has 0 bridgehead atoms. The lowest BCUT2D eigenvalue weighted by Gasteiger charge is -2.33. The highest BCUT2D eigenvalue weighted by Crippen LogP contribution is 2.38. The van der Waals surface area contributed by atoms with E-state index >= 15 is 0 Å². The largest absolute Gasteiger partial charge is 0.313 e. The van der Waals surface area contributed by atoms with E-state index < -0.39 is 0 Å². The SMILES string of the molecule is CCNC(C(C)c1ccncc1)C1CCCC1C. The Balaban J connectivity index is 2.14. The van der Waals surface area contributed by atoms with Crippen LogP contribution in [-0.2, 0) is 0 Å². The summed E-state index contributed by atoms with van der Waals surface area (Å²) in [4.78, 5) is 4.13. The van der Waals surface area contributed by atoms with Crippen molar-refractivity contribution in [3.63, 3.8) is 0 Å². The molecule has 2 heteroatoms. The Bertz CT molecular complexity index is 349. The fraction of sp³-hybridized carbons (Fsp3) is 0.688. The third-order valence-electron chi connectivity index (χ3n) is 4.60. The topological polar surface area (TPSA) is 24.9 Å². The molecule has 0 aromatic carbocycles. The van der Waals surface area contributed by atoms with E-state index in [1.54, 1.807) is 0 Å². The van der Waals surface area contributed by atoms with Crippen molar-refractivity contribution >= 4 is 0 Å². The van der Waals surface area contributed by atoms with Crippen molar-refractivity contribution in [3.8, 4) is 0 Å². The van der Waals surface area contributed by atoms with E-state index in [1.807, 2.05) is 12.4 Å². The average molecular weight is 246 g/mol. The molecule has 2 nitrogen and oxygen atoms in total. The van der Waals surface area contributed by atoms with Gasteiger partial charge in [0.25, 0.3) is 0 Å². The minimum atomic E-state index is 0.568. The van der Waals surface area contributed by atoms with Gasteiger partial charge in [-0.3, -0.25) is 4.98 Å². The average Bonchev–Trinajstić information content (AvgIpc) is 2.82. The fourth-order valence-electron chi connectivity index (χ4n) is 3.52. The first kappa shape index (κ1) is 13.5. The van der Waals surface area contributed by atoms with Crippen LogP contribution in [-0.4, -0.2) is 17.6 Å². The molecule has 0 radical (unpaired) electrons. The van der Waals surface area contributed by atoms with Crippen LogP contribution in [0.3, 0.4) is 0 Å². The maximum Gasteiger partial charge on any atom is 0.0270 e. The maximum atomic E-state index is 4.13. The van der Waals surface area contributed by atoms with Crippen LogP contribution in [0.2, 0.25) is 0 Å². The molecule has 100 valence electrons. The molecule has 1 N–H and O–H groups in total. The van der Waals surface area contributed by atoms with Gasteiger partial charge in [-0.2, -0.15) is 0 Å². The van der Waals surface area contributed by atoms with Crippen LogP contribution < -0.4 is 5.32 Å². The summed E-state index contributed by atoms with van der Waals surface area (Å²) in [6, 6.07) is 4.93. The molecule has 4 unspecified atom stereocenters. The lowest BCUT2D eigenvalue weighted by molar-refractivity contribution is 0.271. The molecule has 1 aromatic heterocycles. The Labute approximate surface area is 111 Å². The first-order valence-corrected chi connectivity index (χ1v) is 7.37. The third-order valence-corrected chi connectivity index (χ3v) is 4.60. The van der Waals surface area contributed by atoms with Gasteiger partial charge in [0.05, 0.1) is 0 Å². The molecular weight excluding hydrogens is 220 g/mol. The minimum absolute atomic E-state index is 0.568. The summed E-state index contributed by atoms with van der Waals surface area (Å²) in [6.45, 7) is 8.05. The molecule has 1 heterocycles. The lowest BCUT2D eigenvalue weighted by atomic mass is 9.80. The standard InChI is InChI=1S/C16H26N2/c1-4-18-16(15-7-5-6-12(15)2)13(3)14-8-10-17-11-9-14/h8-13,15-16,18H,4-7H2,1-3H3. The highest BCUT2D eigenvalue weighted by molar-refractivity contribution is 5.18. The van der Waals surface area contributed by atoms with Gasteiger partial charge in [0.1, 0.15) is 0 Å². The van der Waals surface area contributed by atoms with Crippen LogP contribution in [0.25, 0.3) is 0 Å². The Morgan fingerprint density at radius 2 is 2.06 bits per heavy atom. The van der Waals surface area contributed by atoms with E-state index in [1.165, 1.54) is 24.8 Å². The van der Waals surface area contributed by atoms with Gasteiger partial charge in [0.2, 0.25) is 0 Å². The van der Waals surface area contributed by atoms with Gasteiger partial charge in [0.15, 0.2) is 0 Å². The Morgan fingerprint density at radius 3 is 2.61 bits per heavy atom. The fourth-order valence-corrected chi connectivity index (χ4v) is 3.52. The minimum Gasteiger partial charge on any atom is -0.313 e. The van der Waals surface area contributed by atoms with E-state index in [4.69, 9.17) is 0 Å². The quantitative estimate of drug-likeness (QED) is 0.858. The van der Waals surface area contributed by atoms with Gasteiger partial charge in [-0.15, -0.1) is 0 Å². The normalized spacial score (nSPS) is 27.1. The van der Waals surface area contributed by atoms with E-state index in [-0.39, 0.29) is 0 Å². The number of nitrogens with one attached hydrogen (secondary N) is 1. The maximum absolute atomic E-state index is 4.13. The van der Waals surface area contributed by atoms with E-state index in [9.17, 15) is 0 Å². The van der Waals surface area contributed by atoms with E-state index in [2.05, 4.69) is 43.2 Å². The van der Waals surface area contributed by atoms with E-state index in [0.717, 1.165) is 18.4 Å². The molecular formula is C16H26N2. The number of nitrogens with zero attached hydrogens (tertiary/aromatic N) is 1. The van der Waals surface area contributed by atoms with Crippen molar-refractivity contribution < 1.29 is 0 Å². The smallest absolute Gasteiger partial charge is 0.0270 e. The second kappa shape index (κ2) is 6.33. The first-order chi connectivity index (χ1) is 8.74. The summed E-state index contributed by atoms with van der Waals surface area (Å²) in [5.74, 6) is 2.25. The number of pyridine rings is 1. The first-order valence-electron chi connectivity index (χ1n) is 7.37. The van der Waals surface area contributed by atoms with Gasteiger partial charge < -0.3 is 5.32 Å². The summed E-state index contributed by atoms with van der Waals surface area (Å²) >= 11 is 0.